The van der Waals surface area contributed by atoms with Crippen LogP contribution in [0.5, 0.6) is 5.75 Å². The van der Waals surface area contributed by atoms with E-state index in [0.29, 0.717) is 11.3 Å². The molecule has 0 radical (unpaired) electrons. The van der Waals surface area contributed by atoms with Crippen molar-refractivity contribution < 1.29 is 34.6 Å². The van der Waals surface area contributed by atoms with E-state index < -0.39 is 42.4 Å². The Kier molecular flexibility index (Phi) is 7.04. The Balaban J connectivity index is 2.00. The maximum atomic E-state index is 11.0. The van der Waals surface area contributed by atoms with Gasteiger partial charge in [-0.2, -0.15) is 0 Å². The molecule has 0 aliphatic carbocycles. The van der Waals surface area contributed by atoms with Crippen molar-refractivity contribution >= 4 is 0 Å². The largest absolute Gasteiger partial charge is 0.496 e. The van der Waals surface area contributed by atoms with Crippen molar-refractivity contribution in [3.63, 3.8) is 0 Å². The van der Waals surface area contributed by atoms with Gasteiger partial charge in [0.25, 0.3) is 0 Å². The highest BCUT2D eigenvalue weighted by molar-refractivity contribution is 5.53. The standard InChI is InChI=1S/C27H30O7/c1-26(25(31)24(30)23(29)22(17-28)33-26)34-27(18-11-5-3-6-12-18,19-13-7-4-8-14-19)20-15-9-10-16-21(20)32-2/h3-16,22-25,28-31H,17H2,1-2H3/t22-,23-,24+,25+,26-/m1/s1. The number of aliphatic hydroxyl groups is 4. The normalized spacial score (nSPS) is 27.4. The van der Waals surface area contributed by atoms with Crippen LogP contribution in [0.15, 0.2) is 84.9 Å². The summed E-state index contributed by atoms with van der Waals surface area (Å²) in [7, 11) is 1.56. The Labute approximate surface area is 198 Å². The molecule has 0 bridgehead atoms. The molecule has 0 amide bonds. The Bertz CT molecular complexity index is 1030. The van der Waals surface area contributed by atoms with Crippen LogP contribution in [-0.4, -0.2) is 64.3 Å². The summed E-state index contributed by atoms with van der Waals surface area (Å²) in [5, 5.41) is 41.7. The molecule has 5 atom stereocenters. The van der Waals surface area contributed by atoms with E-state index in [4.69, 9.17) is 14.2 Å². The van der Waals surface area contributed by atoms with Gasteiger partial charge in [0, 0.05) is 5.56 Å². The second-order valence-electron chi connectivity index (χ2n) is 8.50. The molecule has 1 aliphatic heterocycles. The number of rotatable bonds is 7. The number of benzene rings is 3. The summed E-state index contributed by atoms with van der Waals surface area (Å²) in [5.41, 5.74) is 0.744. The summed E-state index contributed by atoms with van der Waals surface area (Å²) >= 11 is 0. The summed E-state index contributed by atoms with van der Waals surface area (Å²) in [6, 6.07) is 26.2. The SMILES string of the molecule is COc1ccccc1C(O[C@@]1(C)O[C@H](CO)[C@@H](O)[C@H](O)[C@@H]1O)(c1ccccc1)c1ccccc1. The lowest BCUT2D eigenvalue weighted by atomic mass is 9.78. The van der Waals surface area contributed by atoms with E-state index >= 15 is 0 Å². The van der Waals surface area contributed by atoms with Crippen molar-refractivity contribution in [1.82, 2.24) is 0 Å². The van der Waals surface area contributed by atoms with Gasteiger partial charge in [-0.3, -0.25) is 0 Å². The Morgan fingerprint density at radius 2 is 1.35 bits per heavy atom. The first kappa shape index (κ1) is 24.3. The predicted octanol–water partition coefficient (Wildman–Crippen LogP) is 2.19. The van der Waals surface area contributed by atoms with Crippen LogP contribution in [0.4, 0.5) is 0 Å². The zero-order valence-corrected chi connectivity index (χ0v) is 19.1. The molecule has 4 N–H and O–H groups in total. The molecule has 34 heavy (non-hydrogen) atoms. The summed E-state index contributed by atoms with van der Waals surface area (Å²) < 4.78 is 18.4. The summed E-state index contributed by atoms with van der Waals surface area (Å²) in [4.78, 5) is 0. The molecule has 1 saturated heterocycles. The van der Waals surface area contributed by atoms with Gasteiger partial charge in [0.1, 0.15) is 30.2 Å². The molecule has 7 nitrogen and oxygen atoms in total. The van der Waals surface area contributed by atoms with Gasteiger partial charge in [0.2, 0.25) is 0 Å². The fourth-order valence-electron chi connectivity index (χ4n) is 4.62. The second kappa shape index (κ2) is 9.84. The summed E-state index contributed by atoms with van der Waals surface area (Å²) in [6.07, 6.45) is -5.86. The first-order chi connectivity index (χ1) is 16.4. The maximum Gasteiger partial charge on any atom is 0.196 e. The van der Waals surface area contributed by atoms with Crippen molar-refractivity contribution in [2.75, 3.05) is 13.7 Å². The molecule has 0 spiro atoms. The van der Waals surface area contributed by atoms with Crippen LogP contribution >= 0.6 is 0 Å². The van der Waals surface area contributed by atoms with E-state index in [1.165, 1.54) is 6.92 Å². The third-order valence-electron chi connectivity index (χ3n) is 6.36. The van der Waals surface area contributed by atoms with Crippen molar-refractivity contribution in [3.8, 4) is 5.75 Å². The fourth-order valence-corrected chi connectivity index (χ4v) is 4.62. The average molecular weight is 467 g/mol. The number of methoxy groups -OCH3 is 1. The summed E-state index contributed by atoms with van der Waals surface area (Å²) in [5.74, 6) is -1.28. The van der Waals surface area contributed by atoms with Crippen LogP contribution in [0.3, 0.4) is 0 Å². The molecule has 3 aromatic carbocycles. The van der Waals surface area contributed by atoms with Gasteiger partial charge >= 0.3 is 0 Å². The third kappa shape index (κ3) is 4.11. The minimum absolute atomic E-state index is 0.545. The van der Waals surface area contributed by atoms with Crippen LogP contribution < -0.4 is 4.74 Å². The van der Waals surface area contributed by atoms with Crippen molar-refractivity contribution in [2.45, 2.75) is 42.7 Å². The number of ether oxygens (including phenoxy) is 3. The van der Waals surface area contributed by atoms with Crippen LogP contribution in [-0.2, 0) is 15.1 Å². The lowest BCUT2D eigenvalue weighted by Gasteiger charge is -2.51. The third-order valence-corrected chi connectivity index (χ3v) is 6.36. The minimum Gasteiger partial charge on any atom is -0.496 e. The van der Waals surface area contributed by atoms with Gasteiger partial charge in [0.05, 0.1) is 13.7 Å². The van der Waals surface area contributed by atoms with Crippen molar-refractivity contribution in [2.24, 2.45) is 0 Å². The molecule has 1 aliphatic rings. The number of hydrogen-bond donors (Lipinski definition) is 4. The topological polar surface area (TPSA) is 109 Å². The van der Waals surface area contributed by atoms with E-state index in [2.05, 4.69) is 0 Å². The monoisotopic (exact) mass is 466 g/mol. The molecule has 7 heteroatoms. The first-order valence-corrected chi connectivity index (χ1v) is 11.1. The van der Waals surface area contributed by atoms with Gasteiger partial charge in [-0.25, -0.2) is 0 Å². The van der Waals surface area contributed by atoms with Crippen molar-refractivity contribution in [1.29, 1.82) is 0 Å². The highest BCUT2D eigenvalue weighted by Gasteiger charge is 2.56. The van der Waals surface area contributed by atoms with Gasteiger partial charge in [-0.1, -0.05) is 78.9 Å². The highest BCUT2D eigenvalue weighted by Crippen LogP contribution is 2.48. The minimum atomic E-state index is -1.82. The molecular formula is C27H30O7. The van der Waals surface area contributed by atoms with Crippen LogP contribution in [0.2, 0.25) is 0 Å². The zero-order chi connectivity index (χ0) is 24.3. The Morgan fingerprint density at radius 3 is 1.88 bits per heavy atom. The Morgan fingerprint density at radius 1 is 0.824 bits per heavy atom. The van der Waals surface area contributed by atoms with Crippen LogP contribution in [0.1, 0.15) is 23.6 Å². The van der Waals surface area contributed by atoms with Gasteiger partial charge < -0.3 is 34.6 Å². The lowest BCUT2D eigenvalue weighted by molar-refractivity contribution is -0.375. The maximum absolute atomic E-state index is 11.0. The lowest BCUT2D eigenvalue weighted by Crippen LogP contribution is -2.66. The predicted molar refractivity (Wildman–Crippen MR) is 125 cm³/mol. The molecule has 0 aromatic heterocycles. The highest BCUT2D eigenvalue weighted by atomic mass is 16.7. The van der Waals surface area contributed by atoms with E-state index in [9.17, 15) is 20.4 Å². The van der Waals surface area contributed by atoms with Gasteiger partial charge in [-0.15, -0.1) is 0 Å². The Hall–Kier alpha value is -2.78. The number of hydrogen-bond acceptors (Lipinski definition) is 7. The first-order valence-electron chi connectivity index (χ1n) is 11.1. The number of aliphatic hydroxyl groups excluding tert-OH is 4. The molecule has 4 rings (SSSR count). The quantitative estimate of drug-likeness (QED) is 0.395. The molecular weight excluding hydrogens is 436 g/mol. The smallest absolute Gasteiger partial charge is 0.196 e. The molecule has 1 heterocycles. The zero-order valence-electron chi connectivity index (χ0n) is 19.1. The van der Waals surface area contributed by atoms with E-state index in [-0.39, 0.29) is 0 Å². The molecule has 180 valence electrons. The second-order valence-corrected chi connectivity index (χ2v) is 8.50. The van der Waals surface area contributed by atoms with Crippen LogP contribution in [0, 0.1) is 0 Å². The van der Waals surface area contributed by atoms with Crippen LogP contribution in [0.25, 0.3) is 0 Å². The fraction of sp³-hybridized carbons (Fsp3) is 0.333. The van der Waals surface area contributed by atoms with E-state index in [0.717, 1.165) is 11.1 Å². The average Bonchev–Trinajstić information content (AvgIpc) is 2.89. The van der Waals surface area contributed by atoms with Gasteiger partial charge in [0.15, 0.2) is 11.4 Å². The van der Waals surface area contributed by atoms with Gasteiger partial charge in [-0.05, 0) is 24.1 Å². The van der Waals surface area contributed by atoms with Crippen molar-refractivity contribution in [3.05, 3.63) is 102 Å². The number of para-hydroxylation sites is 1. The molecule has 0 unspecified atom stereocenters. The summed E-state index contributed by atoms with van der Waals surface area (Å²) in [6.45, 7) is 0.924. The molecule has 1 fully saturated rings. The van der Waals surface area contributed by atoms with E-state index in [1.54, 1.807) is 7.11 Å². The van der Waals surface area contributed by atoms with E-state index in [1.807, 2.05) is 84.9 Å². The molecule has 3 aromatic rings. The molecule has 0 saturated carbocycles.